The molecule has 25 heavy (non-hydrogen) atoms. The van der Waals surface area contributed by atoms with Gasteiger partial charge in [-0.2, -0.15) is 0 Å². The van der Waals surface area contributed by atoms with Crippen LogP contribution in [0.25, 0.3) is 0 Å². The molecule has 5 nitrogen and oxygen atoms in total. The second-order valence-corrected chi connectivity index (χ2v) is 6.29. The Morgan fingerprint density at radius 1 is 1.16 bits per heavy atom. The zero-order valence-corrected chi connectivity index (χ0v) is 14.5. The summed E-state index contributed by atoms with van der Waals surface area (Å²) in [6.07, 6.45) is 2.69. The quantitative estimate of drug-likeness (QED) is 0.371. The van der Waals surface area contributed by atoms with Gasteiger partial charge in [0, 0.05) is 28.3 Å². The molecule has 0 radical (unpaired) electrons. The number of nitro benzene ring substituents is 1. The second kappa shape index (κ2) is 7.57. The molecule has 1 aliphatic rings. The fraction of sp³-hybridized carbons (Fsp3) is 0.263. The lowest BCUT2D eigenvalue weighted by atomic mass is 9.93. The molecule has 0 aliphatic heterocycles. The molecule has 0 aromatic heterocycles. The summed E-state index contributed by atoms with van der Waals surface area (Å²) in [4.78, 5) is 10.3. The third-order valence-corrected chi connectivity index (χ3v) is 4.48. The molecule has 2 aromatic carbocycles. The van der Waals surface area contributed by atoms with Crippen LogP contribution in [0, 0.1) is 10.1 Å². The third-order valence-electron chi connectivity index (χ3n) is 4.13. The highest BCUT2D eigenvalue weighted by Gasteiger charge is 2.22. The van der Waals surface area contributed by atoms with Crippen LogP contribution >= 0.6 is 11.6 Å². The first-order valence-electron chi connectivity index (χ1n) is 8.10. The van der Waals surface area contributed by atoms with Crippen molar-refractivity contribution in [2.24, 2.45) is 0 Å². The topological polar surface area (TPSA) is 61.6 Å². The lowest BCUT2D eigenvalue weighted by Gasteiger charge is -2.25. The van der Waals surface area contributed by atoms with Crippen molar-refractivity contribution < 1.29 is 14.4 Å². The molecule has 130 valence electrons. The summed E-state index contributed by atoms with van der Waals surface area (Å²) in [5.41, 5.74) is 2.02. The van der Waals surface area contributed by atoms with Crippen LogP contribution < -0.4 is 4.74 Å². The Morgan fingerprint density at radius 2 is 1.84 bits per heavy atom. The average Bonchev–Trinajstić information content (AvgIpc) is 2.54. The Hall–Kier alpha value is -2.53. The molecule has 1 unspecified atom stereocenters. The maximum Gasteiger partial charge on any atom is 0.284 e. The van der Waals surface area contributed by atoms with E-state index in [0.717, 1.165) is 30.4 Å². The molecule has 1 saturated carbocycles. The van der Waals surface area contributed by atoms with Gasteiger partial charge in [0.05, 0.1) is 4.92 Å². The second-order valence-electron chi connectivity index (χ2n) is 5.88. The van der Waals surface area contributed by atoms with Crippen LogP contribution in [0.4, 0.5) is 5.69 Å². The van der Waals surface area contributed by atoms with Crippen LogP contribution in [-0.4, -0.2) is 4.92 Å². The largest absolute Gasteiger partial charge is 0.457 e. The average molecular weight is 360 g/mol. The number of rotatable bonds is 6. The van der Waals surface area contributed by atoms with Crippen molar-refractivity contribution >= 4 is 17.3 Å². The molecule has 0 heterocycles. The van der Waals surface area contributed by atoms with E-state index in [1.165, 1.54) is 12.1 Å². The first kappa shape index (κ1) is 17.3. The van der Waals surface area contributed by atoms with Crippen molar-refractivity contribution in [1.29, 1.82) is 0 Å². The van der Waals surface area contributed by atoms with Gasteiger partial charge in [0.25, 0.3) is 11.6 Å². The predicted octanol–water partition coefficient (Wildman–Crippen LogP) is 5.80. The van der Waals surface area contributed by atoms with Crippen LogP contribution in [0.15, 0.2) is 60.0 Å². The number of nitro groups is 1. The number of non-ortho nitro benzene ring substituents is 1. The first-order valence-corrected chi connectivity index (χ1v) is 8.48. The number of hydrogen-bond donors (Lipinski definition) is 0. The molecular formula is C19H18ClNO4. The minimum Gasteiger partial charge on any atom is -0.457 e. The van der Waals surface area contributed by atoms with Crippen LogP contribution in [0.5, 0.6) is 5.75 Å². The van der Waals surface area contributed by atoms with Crippen molar-refractivity contribution in [2.45, 2.75) is 32.3 Å². The molecule has 1 fully saturated rings. The molecule has 0 amide bonds. The van der Waals surface area contributed by atoms with Crippen molar-refractivity contribution in [3.63, 3.8) is 0 Å². The Labute approximate surface area is 151 Å². The van der Waals surface area contributed by atoms with Crippen LogP contribution in [0.2, 0.25) is 5.02 Å². The van der Waals surface area contributed by atoms with Gasteiger partial charge in [-0.1, -0.05) is 29.8 Å². The molecule has 0 N–H and O–H groups in total. The minimum absolute atomic E-state index is 0.0237. The highest BCUT2D eigenvalue weighted by atomic mass is 35.5. The van der Waals surface area contributed by atoms with Crippen molar-refractivity contribution in [2.75, 3.05) is 0 Å². The first-order chi connectivity index (χ1) is 12.0. The third kappa shape index (κ3) is 4.12. The molecule has 6 heteroatoms. The van der Waals surface area contributed by atoms with Crippen molar-refractivity contribution in [3.8, 4) is 5.75 Å². The lowest BCUT2D eigenvalue weighted by Crippen LogP contribution is -2.12. The summed E-state index contributed by atoms with van der Waals surface area (Å²) in [7, 11) is 0. The summed E-state index contributed by atoms with van der Waals surface area (Å²) < 4.78 is 11.9. The van der Waals surface area contributed by atoms with Gasteiger partial charge in [-0.05, 0) is 44.4 Å². The monoisotopic (exact) mass is 359 g/mol. The van der Waals surface area contributed by atoms with Gasteiger partial charge in [-0.3, -0.25) is 10.1 Å². The Bertz CT molecular complexity index is 795. The predicted molar refractivity (Wildman–Crippen MR) is 95.6 cm³/mol. The highest BCUT2D eigenvalue weighted by molar-refractivity contribution is 6.31. The molecule has 1 atom stereocenters. The molecular weight excluding hydrogens is 342 g/mol. The number of hydrogen-bond acceptors (Lipinski definition) is 4. The van der Waals surface area contributed by atoms with Gasteiger partial charge in [-0.15, -0.1) is 0 Å². The summed E-state index contributed by atoms with van der Waals surface area (Å²) >= 11 is 6.24. The Balaban J connectivity index is 1.77. The van der Waals surface area contributed by atoms with Gasteiger partial charge >= 0.3 is 0 Å². The molecule has 2 aromatic rings. The Morgan fingerprint density at radius 3 is 2.40 bits per heavy atom. The van der Waals surface area contributed by atoms with Crippen LogP contribution in [-0.2, 0) is 4.74 Å². The van der Waals surface area contributed by atoms with Gasteiger partial charge in [0.15, 0.2) is 0 Å². The lowest BCUT2D eigenvalue weighted by molar-refractivity contribution is -0.384. The van der Waals surface area contributed by atoms with Crippen molar-refractivity contribution in [3.05, 3.63) is 80.7 Å². The zero-order chi connectivity index (χ0) is 17.8. The maximum absolute atomic E-state index is 10.8. The fourth-order valence-corrected chi connectivity index (χ4v) is 2.80. The molecule has 3 rings (SSSR count). The van der Waals surface area contributed by atoms with E-state index in [1.54, 1.807) is 12.1 Å². The van der Waals surface area contributed by atoms with Gasteiger partial charge in [0.1, 0.15) is 11.9 Å². The number of nitrogens with zero attached hydrogens (tertiary/aromatic N) is 1. The van der Waals surface area contributed by atoms with E-state index in [1.807, 2.05) is 31.2 Å². The standard InChI is InChI=1S/C19H18ClNO4/c1-13(17-7-2-3-8-18(17)20)24-19(14-5-4-6-14)25-16-11-9-15(10-12-16)21(22)23/h2-3,7-13H,4-6H2,1H3. The molecule has 0 spiro atoms. The fourth-order valence-electron chi connectivity index (χ4n) is 2.51. The van der Waals surface area contributed by atoms with E-state index in [0.29, 0.717) is 16.7 Å². The van der Waals surface area contributed by atoms with E-state index < -0.39 is 4.92 Å². The summed E-state index contributed by atoms with van der Waals surface area (Å²) in [6.45, 7) is 1.92. The Kier molecular flexibility index (Phi) is 5.24. The van der Waals surface area contributed by atoms with E-state index in [2.05, 4.69) is 0 Å². The number of halogens is 1. The number of ether oxygens (including phenoxy) is 2. The smallest absolute Gasteiger partial charge is 0.284 e. The van der Waals surface area contributed by atoms with Gasteiger partial charge in [-0.25, -0.2) is 0 Å². The summed E-state index contributed by atoms with van der Waals surface area (Å²) in [5.74, 6) is 0.971. The van der Waals surface area contributed by atoms with E-state index in [4.69, 9.17) is 21.1 Å². The summed E-state index contributed by atoms with van der Waals surface area (Å²) in [6, 6.07) is 13.5. The van der Waals surface area contributed by atoms with Crippen molar-refractivity contribution in [1.82, 2.24) is 0 Å². The zero-order valence-electron chi connectivity index (χ0n) is 13.8. The molecule has 0 bridgehead atoms. The van der Waals surface area contributed by atoms with Crippen LogP contribution in [0.3, 0.4) is 0 Å². The molecule has 1 aliphatic carbocycles. The number of benzene rings is 2. The maximum atomic E-state index is 10.8. The van der Waals surface area contributed by atoms with E-state index >= 15 is 0 Å². The highest BCUT2D eigenvalue weighted by Crippen LogP contribution is 2.35. The van der Waals surface area contributed by atoms with E-state index in [9.17, 15) is 10.1 Å². The van der Waals surface area contributed by atoms with Gasteiger partial charge < -0.3 is 9.47 Å². The van der Waals surface area contributed by atoms with E-state index in [-0.39, 0.29) is 11.8 Å². The summed E-state index contributed by atoms with van der Waals surface area (Å²) in [5, 5.41) is 11.4. The van der Waals surface area contributed by atoms with Crippen LogP contribution in [0.1, 0.15) is 37.9 Å². The minimum atomic E-state index is -0.439. The number of allylic oxidation sites excluding steroid dienone is 1. The normalized spacial score (nSPS) is 14.4. The SMILES string of the molecule is CC(OC(Oc1ccc([N+](=O)[O-])cc1)=C1CCC1)c1ccccc1Cl. The molecule has 0 saturated heterocycles. The van der Waals surface area contributed by atoms with Gasteiger partial charge in [0.2, 0.25) is 0 Å².